The Balaban J connectivity index is 1.65. The van der Waals surface area contributed by atoms with Crippen LogP contribution in [0.2, 0.25) is 5.02 Å². The number of aliphatic hydroxyl groups is 1. The molecule has 1 aliphatic rings. The van der Waals surface area contributed by atoms with Gasteiger partial charge in [0.1, 0.15) is 30.3 Å². The Kier molecular flexibility index (Phi) is 9.46. The van der Waals surface area contributed by atoms with Crippen molar-refractivity contribution in [3.8, 4) is 22.8 Å². The molecule has 0 saturated carbocycles. The summed E-state index contributed by atoms with van der Waals surface area (Å²) < 4.78 is 42.7. The van der Waals surface area contributed by atoms with Crippen molar-refractivity contribution >= 4 is 29.3 Å². The van der Waals surface area contributed by atoms with E-state index in [4.69, 9.17) is 30.8 Å². The summed E-state index contributed by atoms with van der Waals surface area (Å²) in [6, 6.07) is 10.2. The Morgan fingerprint density at radius 2 is 1.86 bits per heavy atom. The minimum absolute atomic E-state index is 0.129. The van der Waals surface area contributed by atoms with Crippen LogP contribution in [0.4, 0.5) is 19.3 Å². The van der Waals surface area contributed by atoms with Crippen LogP contribution in [-0.2, 0) is 16.8 Å². The molecule has 43 heavy (non-hydrogen) atoms. The zero-order chi connectivity index (χ0) is 31.5. The number of rotatable bonds is 9. The van der Waals surface area contributed by atoms with Crippen molar-refractivity contribution in [2.24, 2.45) is 0 Å². The molecule has 1 atom stereocenters. The van der Waals surface area contributed by atoms with Crippen molar-refractivity contribution in [3.05, 3.63) is 70.1 Å². The van der Waals surface area contributed by atoms with E-state index in [0.29, 0.717) is 41.2 Å². The maximum absolute atomic E-state index is 14.0. The molecule has 0 bridgehead atoms. The topological polar surface area (TPSA) is 110 Å². The number of benzene rings is 2. The van der Waals surface area contributed by atoms with Gasteiger partial charge in [0.15, 0.2) is 11.5 Å². The van der Waals surface area contributed by atoms with Gasteiger partial charge in [0.2, 0.25) is 0 Å². The molecular weight excluding hydrogens is 584 g/mol. The predicted octanol–water partition coefficient (Wildman–Crippen LogP) is 5.83. The zero-order valence-electron chi connectivity index (χ0n) is 24.6. The maximum Gasteiger partial charge on any atom is 0.414 e. The third kappa shape index (κ3) is 7.34. The summed E-state index contributed by atoms with van der Waals surface area (Å²) >= 11 is 6.09. The largest absolute Gasteiger partial charge is 0.493 e. The molecule has 0 spiro atoms. The molecular formula is C31H34ClF2N3O6. The van der Waals surface area contributed by atoms with E-state index in [-0.39, 0.29) is 35.2 Å². The predicted molar refractivity (Wildman–Crippen MR) is 158 cm³/mol. The average molecular weight is 618 g/mol. The summed E-state index contributed by atoms with van der Waals surface area (Å²) in [7, 11) is 1.40. The van der Waals surface area contributed by atoms with Gasteiger partial charge in [0.25, 0.3) is 5.91 Å². The third-order valence-corrected chi connectivity index (χ3v) is 6.95. The number of hydrogen-bond acceptors (Lipinski definition) is 7. The van der Waals surface area contributed by atoms with E-state index in [1.54, 1.807) is 26.8 Å². The molecule has 2 N–H and O–H groups in total. The van der Waals surface area contributed by atoms with Gasteiger partial charge in [0, 0.05) is 17.7 Å². The van der Waals surface area contributed by atoms with Crippen LogP contribution in [0.25, 0.3) is 11.3 Å². The fourth-order valence-electron chi connectivity index (χ4n) is 4.57. The van der Waals surface area contributed by atoms with Crippen molar-refractivity contribution in [2.45, 2.75) is 45.3 Å². The molecule has 2 amide bonds. The lowest BCUT2D eigenvalue weighted by Crippen LogP contribution is -2.39. The molecule has 3 aromatic rings. The molecule has 12 heteroatoms. The molecule has 2 aromatic carbocycles. The van der Waals surface area contributed by atoms with E-state index in [1.807, 2.05) is 0 Å². The number of methoxy groups -OCH3 is 1. The number of aromatic nitrogens is 1. The van der Waals surface area contributed by atoms with E-state index in [0.717, 1.165) is 0 Å². The Hall–Kier alpha value is -3.96. The van der Waals surface area contributed by atoms with E-state index < -0.39 is 35.7 Å². The molecule has 2 heterocycles. The number of fused-ring (bicyclic) bond motifs is 1. The standard InChI is InChI=1S/C31H34ClF2N3O6/c1-30(2,3)43-29(39)37-12-10-19-16-25(36-26(27(19)37)18-6-8-22(34)21(32)14-18)31(4,40)17-35-28(38)20-7-9-23(42-13-11-33)24(15-20)41-5/h6-9,14-16,40H,10-13,17H2,1-5H3,(H,35,38). The lowest BCUT2D eigenvalue weighted by atomic mass is 9.96. The number of carbonyl (C=O) groups is 2. The molecule has 0 aliphatic carbocycles. The molecule has 1 aliphatic heterocycles. The van der Waals surface area contributed by atoms with E-state index in [1.165, 1.54) is 55.3 Å². The first-order valence-electron chi connectivity index (χ1n) is 13.6. The number of anilines is 1. The first-order chi connectivity index (χ1) is 20.2. The van der Waals surface area contributed by atoms with Crippen molar-refractivity contribution in [1.82, 2.24) is 10.3 Å². The van der Waals surface area contributed by atoms with Gasteiger partial charge in [-0.05, 0) is 82.1 Å². The van der Waals surface area contributed by atoms with Gasteiger partial charge < -0.3 is 24.6 Å². The summed E-state index contributed by atoms with van der Waals surface area (Å²) in [6.45, 7) is 6.05. The van der Waals surface area contributed by atoms with Gasteiger partial charge in [-0.3, -0.25) is 9.69 Å². The van der Waals surface area contributed by atoms with Crippen LogP contribution in [0, 0.1) is 5.82 Å². The lowest BCUT2D eigenvalue weighted by Gasteiger charge is -2.28. The first-order valence-corrected chi connectivity index (χ1v) is 14.0. The van der Waals surface area contributed by atoms with Crippen LogP contribution in [0.5, 0.6) is 11.5 Å². The minimum Gasteiger partial charge on any atom is -0.493 e. The second kappa shape index (κ2) is 12.7. The Morgan fingerprint density at radius 3 is 2.51 bits per heavy atom. The molecule has 1 unspecified atom stereocenters. The number of ether oxygens (including phenoxy) is 3. The van der Waals surface area contributed by atoms with Gasteiger partial charge in [0.05, 0.1) is 35.8 Å². The summed E-state index contributed by atoms with van der Waals surface area (Å²) in [5.41, 5.74) is -0.0108. The van der Waals surface area contributed by atoms with Crippen LogP contribution in [0.15, 0.2) is 42.5 Å². The van der Waals surface area contributed by atoms with Crippen LogP contribution >= 0.6 is 11.6 Å². The normalized spacial score (nSPS) is 14.1. The van der Waals surface area contributed by atoms with Crippen molar-refractivity contribution in [2.75, 3.05) is 38.4 Å². The SMILES string of the molecule is COc1cc(C(=O)NCC(C)(O)c2cc3c(c(-c4ccc(F)c(Cl)c4)n2)N(C(=O)OC(C)(C)C)CC3)ccc1OCCF. The van der Waals surface area contributed by atoms with Crippen LogP contribution < -0.4 is 19.7 Å². The van der Waals surface area contributed by atoms with E-state index >= 15 is 0 Å². The van der Waals surface area contributed by atoms with Crippen LogP contribution in [-0.4, -0.2) is 61.2 Å². The number of nitrogens with zero attached hydrogens (tertiary/aromatic N) is 2. The highest BCUT2D eigenvalue weighted by molar-refractivity contribution is 6.31. The first kappa shape index (κ1) is 32.0. The fourth-order valence-corrected chi connectivity index (χ4v) is 4.75. The Morgan fingerprint density at radius 1 is 1.12 bits per heavy atom. The number of halogens is 3. The number of pyridine rings is 1. The second-order valence-electron chi connectivity index (χ2n) is 11.2. The molecule has 1 aromatic heterocycles. The Labute approximate surface area is 253 Å². The summed E-state index contributed by atoms with van der Waals surface area (Å²) in [4.78, 5) is 32.3. The van der Waals surface area contributed by atoms with Crippen molar-refractivity contribution < 1.29 is 37.7 Å². The highest BCUT2D eigenvalue weighted by atomic mass is 35.5. The van der Waals surface area contributed by atoms with E-state index in [9.17, 15) is 23.5 Å². The van der Waals surface area contributed by atoms with E-state index in [2.05, 4.69) is 5.32 Å². The molecule has 9 nitrogen and oxygen atoms in total. The molecule has 0 saturated heterocycles. The lowest BCUT2D eigenvalue weighted by molar-refractivity contribution is 0.0490. The van der Waals surface area contributed by atoms with Crippen LogP contribution in [0.1, 0.15) is 49.3 Å². The third-order valence-electron chi connectivity index (χ3n) is 6.66. The van der Waals surface area contributed by atoms with Gasteiger partial charge in [-0.25, -0.2) is 18.6 Å². The monoisotopic (exact) mass is 617 g/mol. The Bertz CT molecular complexity index is 1530. The van der Waals surface area contributed by atoms with Gasteiger partial charge in [-0.15, -0.1) is 0 Å². The summed E-state index contributed by atoms with van der Waals surface area (Å²) in [6.07, 6.45) is -0.115. The second-order valence-corrected chi connectivity index (χ2v) is 11.6. The van der Waals surface area contributed by atoms with Crippen molar-refractivity contribution in [1.29, 1.82) is 0 Å². The van der Waals surface area contributed by atoms with Gasteiger partial charge in [-0.1, -0.05) is 11.6 Å². The number of amides is 2. The summed E-state index contributed by atoms with van der Waals surface area (Å²) in [5.74, 6) is -0.570. The zero-order valence-corrected chi connectivity index (χ0v) is 25.3. The quantitative estimate of drug-likeness (QED) is 0.311. The number of hydrogen-bond donors (Lipinski definition) is 2. The molecule has 0 fully saturated rings. The van der Waals surface area contributed by atoms with Gasteiger partial charge in [-0.2, -0.15) is 0 Å². The molecule has 0 radical (unpaired) electrons. The molecule has 4 rings (SSSR count). The van der Waals surface area contributed by atoms with Gasteiger partial charge >= 0.3 is 6.09 Å². The highest BCUT2D eigenvalue weighted by Gasteiger charge is 2.35. The maximum atomic E-state index is 14.0. The average Bonchev–Trinajstić information content (AvgIpc) is 3.39. The highest BCUT2D eigenvalue weighted by Crippen LogP contribution is 2.41. The smallest absolute Gasteiger partial charge is 0.414 e. The fraction of sp³-hybridized carbons (Fsp3) is 0.387. The number of nitrogens with one attached hydrogen (secondary N) is 1. The number of alkyl halides is 1. The summed E-state index contributed by atoms with van der Waals surface area (Å²) in [5, 5.41) is 14.1. The minimum atomic E-state index is -1.66. The van der Waals surface area contributed by atoms with Crippen molar-refractivity contribution in [3.63, 3.8) is 0 Å². The van der Waals surface area contributed by atoms with Crippen LogP contribution in [0.3, 0.4) is 0 Å². The molecule has 230 valence electrons. The number of carbonyl (C=O) groups excluding carboxylic acids is 2.